The minimum atomic E-state index is -0.0207. The van der Waals surface area contributed by atoms with Crippen molar-refractivity contribution >= 4 is 17.5 Å². The molecule has 30 heavy (non-hydrogen) atoms. The number of rotatable bonds is 4. The van der Waals surface area contributed by atoms with Gasteiger partial charge in [0.1, 0.15) is 0 Å². The van der Waals surface area contributed by atoms with Crippen LogP contribution in [0.2, 0.25) is 0 Å². The number of amides is 2. The summed E-state index contributed by atoms with van der Waals surface area (Å²) in [7, 11) is 0. The molecule has 3 heterocycles. The normalized spacial score (nSPS) is 19.7. The van der Waals surface area contributed by atoms with Gasteiger partial charge in [0.05, 0.1) is 6.04 Å². The van der Waals surface area contributed by atoms with Gasteiger partial charge in [-0.25, -0.2) is 0 Å². The number of hydrogen-bond donors (Lipinski definition) is 1. The van der Waals surface area contributed by atoms with Crippen molar-refractivity contribution in [1.29, 1.82) is 0 Å². The first-order chi connectivity index (χ1) is 14.7. The number of anilines is 1. The van der Waals surface area contributed by atoms with Gasteiger partial charge in [-0.15, -0.1) is 0 Å². The van der Waals surface area contributed by atoms with Gasteiger partial charge < -0.3 is 15.1 Å². The molecular weight excluding hydrogens is 374 g/mol. The molecule has 0 aliphatic carbocycles. The summed E-state index contributed by atoms with van der Waals surface area (Å²) < 4.78 is 0. The second-order valence-corrected chi connectivity index (χ2v) is 8.69. The van der Waals surface area contributed by atoms with E-state index >= 15 is 0 Å². The minimum Gasteiger partial charge on any atom is -0.371 e. The monoisotopic (exact) mass is 403 g/mol. The summed E-state index contributed by atoms with van der Waals surface area (Å²) in [5.41, 5.74) is 6.53. The SMILES string of the molecule is O=C(CCC(=O)N1CCc2ccccc2C1)N[C@@H]1CCN2CCCc3cccc1c32. The van der Waals surface area contributed by atoms with E-state index in [1.165, 1.54) is 34.4 Å². The average Bonchev–Trinajstić information content (AvgIpc) is 2.79. The number of carbonyl (C=O) groups is 2. The van der Waals surface area contributed by atoms with Gasteiger partial charge in [-0.3, -0.25) is 9.59 Å². The van der Waals surface area contributed by atoms with Crippen LogP contribution in [-0.4, -0.2) is 36.3 Å². The maximum absolute atomic E-state index is 12.7. The van der Waals surface area contributed by atoms with E-state index < -0.39 is 0 Å². The molecule has 3 aliphatic heterocycles. The molecule has 0 aromatic heterocycles. The Labute approximate surface area is 178 Å². The number of hydrogen-bond acceptors (Lipinski definition) is 3. The van der Waals surface area contributed by atoms with Crippen LogP contribution in [0.15, 0.2) is 42.5 Å². The molecule has 2 aromatic rings. The van der Waals surface area contributed by atoms with Crippen molar-refractivity contribution in [3.8, 4) is 0 Å². The van der Waals surface area contributed by atoms with Crippen LogP contribution in [0.25, 0.3) is 0 Å². The van der Waals surface area contributed by atoms with Crippen LogP contribution in [0.5, 0.6) is 0 Å². The number of carbonyl (C=O) groups excluding carboxylic acids is 2. The number of para-hydroxylation sites is 1. The van der Waals surface area contributed by atoms with Gasteiger partial charge in [-0.05, 0) is 47.9 Å². The van der Waals surface area contributed by atoms with Gasteiger partial charge >= 0.3 is 0 Å². The molecule has 0 spiro atoms. The van der Waals surface area contributed by atoms with Crippen molar-refractivity contribution in [2.24, 2.45) is 0 Å². The highest BCUT2D eigenvalue weighted by Crippen LogP contribution is 2.39. The lowest BCUT2D eigenvalue weighted by molar-refractivity contribution is -0.134. The molecule has 0 unspecified atom stereocenters. The predicted molar refractivity (Wildman–Crippen MR) is 117 cm³/mol. The third-order valence-electron chi connectivity index (χ3n) is 6.79. The Bertz CT molecular complexity index is 971. The van der Waals surface area contributed by atoms with Crippen molar-refractivity contribution in [2.75, 3.05) is 24.5 Å². The smallest absolute Gasteiger partial charge is 0.223 e. The average molecular weight is 404 g/mol. The van der Waals surface area contributed by atoms with Gasteiger partial charge in [0.2, 0.25) is 11.8 Å². The van der Waals surface area contributed by atoms with E-state index in [1.54, 1.807) is 0 Å². The molecule has 0 saturated heterocycles. The summed E-state index contributed by atoms with van der Waals surface area (Å²) in [5, 5.41) is 3.21. The largest absolute Gasteiger partial charge is 0.371 e. The van der Waals surface area contributed by atoms with E-state index in [-0.39, 0.29) is 30.7 Å². The lowest BCUT2D eigenvalue weighted by Crippen LogP contribution is -2.41. The minimum absolute atomic E-state index is 0.0207. The maximum Gasteiger partial charge on any atom is 0.223 e. The zero-order valence-corrected chi connectivity index (χ0v) is 17.4. The molecule has 156 valence electrons. The zero-order chi connectivity index (χ0) is 20.5. The molecular formula is C25H29N3O2. The van der Waals surface area contributed by atoms with E-state index in [2.05, 4.69) is 46.6 Å². The molecule has 3 aliphatic rings. The highest BCUT2D eigenvalue weighted by molar-refractivity contribution is 5.84. The molecule has 2 amide bonds. The summed E-state index contributed by atoms with van der Waals surface area (Å²) in [6.07, 6.45) is 4.68. The topological polar surface area (TPSA) is 52.7 Å². The Balaban J connectivity index is 1.18. The number of nitrogens with one attached hydrogen (secondary N) is 1. The molecule has 5 heteroatoms. The van der Waals surface area contributed by atoms with Crippen LogP contribution in [0.4, 0.5) is 5.69 Å². The lowest BCUT2D eigenvalue weighted by Gasteiger charge is -2.40. The van der Waals surface area contributed by atoms with Crippen molar-refractivity contribution in [3.63, 3.8) is 0 Å². The lowest BCUT2D eigenvalue weighted by atomic mass is 9.89. The van der Waals surface area contributed by atoms with Gasteiger partial charge in [-0.2, -0.15) is 0 Å². The van der Waals surface area contributed by atoms with E-state index in [1.807, 2.05) is 11.0 Å². The summed E-state index contributed by atoms with van der Waals surface area (Å²) in [6, 6.07) is 14.8. The van der Waals surface area contributed by atoms with Crippen LogP contribution >= 0.6 is 0 Å². The molecule has 2 aromatic carbocycles. The van der Waals surface area contributed by atoms with Crippen molar-refractivity contribution < 1.29 is 9.59 Å². The zero-order valence-electron chi connectivity index (χ0n) is 17.4. The molecule has 0 saturated carbocycles. The van der Waals surface area contributed by atoms with E-state index in [0.717, 1.165) is 38.9 Å². The van der Waals surface area contributed by atoms with Gasteiger partial charge in [0.15, 0.2) is 0 Å². The van der Waals surface area contributed by atoms with Gasteiger partial charge in [-0.1, -0.05) is 42.5 Å². The van der Waals surface area contributed by atoms with Gasteiger partial charge in [0.25, 0.3) is 0 Å². The summed E-state index contributed by atoms with van der Waals surface area (Å²) >= 11 is 0. The Kier molecular flexibility index (Phi) is 5.19. The molecule has 5 rings (SSSR count). The highest BCUT2D eigenvalue weighted by Gasteiger charge is 2.30. The second-order valence-electron chi connectivity index (χ2n) is 8.69. The Hall–Kier alpha value is -2.82. The maximum atomic E-state index is 12.7. The fraction of sp³-hybridized carbons (Fsp3) is 0.440. The Morgan fingerprint density at radius 3 is 2.63 bits per heavy atom. The molecule has 5 nitrogen and oxygen atoms in total. The Morgan fingerprint density at radius 2 is 1.73 bits per heavy atom. The first kappa shape index (κ1) is 19.2. The van der Waals surface area contributed by atoms with Crippen LogP contribution in [-0.2, 0) is 29.0 Å². The fourth-order valence-corrected chi connectivity index (χ4v) is 5.22. The van der Waals surface area contributed by atoms with E-state index in [4.69, 9.17) is 0 Å². The molecule has 1 atom stereocenters. The first-order valence-electron chi connectivity index (χ1n) is 11.2. The number of benzene rings is 2. The molecule has 0 radical (unpaired) electrons. The van der Waals surface area contributed by atoms with Crippen LogP contribution in [0.3, 0.4) is 0 Å². The van der Waals surface area contributed by atoms with Gasteiger partial charge in [0, 0.05) is 44.7 Å². The van der Waals surface area contributed by atoms with Crippen LogP contribution in [0, 0.1) is 0 Å². The van der Waals surface area contributed by atoms with Crippen LogP contribution < -0.4 is 10.2 Å². The third-order valence-corrected chi connectivity index (χ3v) is 6.79. The van der Waals surface area contributed by atoms with Crippen molar-refractivity contribution in [2.45, 2.75) is 51.1 Å². The number of aryl methyl sites for hydroxylation is 1. The highest BCUT2D eigenvalue weighted by atomic mass is 16.2. The van der Waals surface area contributed by atoms with Crippen molar-refractivity contribution in [1.82, 2.24) is 10.2 Å². The van der Waals surface area contributed by atoms with E-state index in [9.17, 15) is 9.59 Å². The quantitative estimate of drug-likeness (QED) is 0.852. The summed E-state index contributed by atoms with van der Waals surface area (Å²) in [6.45, 7) is 3.50. The fourth-order valence-electron chi connectivity index (χ4n) is 5.22. The molecule has 0 fully saturated rings. The number of nitrogens with zero attached hydrogens (tertiary/aromatic N) is 2. The van der Waals surface area contributed by atoms with Crippen LogP contribution in [0.1, 0.15) is 54.0 Å². The molecule has 1 N–H and O–H groups in total. The second kappa shape index (κ2) is 8.13. The first-order valence-corrected chi connectivity index (χ1v) is 11.2. The standard InChI is InChI=1S/C25H29N3O2/c29-23(10-11-24(30)28-15-12-18-5-1-2-6-20(18)17-28)26-22-13-16-27-14-4-8-19-7-3-9-21(22)25(19)27/h1-3,5-7,9,22H,4,8,10-17H2,(H,26,29)/t22-/m1/s1. The van der Waals surface area contributed by atoms with Crippen molar-refractivity contribution in [3.05, 3.63) is 64.7 Å². The summed E-state index contributed by atoms with van der Waals surface area (Å²) in [4.78, 5) is 29.7. The third kappa shape index (κ3) is 3.69. The Morgan fingerprint density at radius 1 is 0.900 bits per heavy atom. The summed E-state index contributed by atoms with van der Waals surface area (Å²) in [5.74, 6) is 0.0548. The number of fused-ring (bicyclic) bond motifs is 1. The molecule has 0 bridgehead atoms. The predicted octanol–water partition coefficient (Wildman–Crippen LogP) is 3.37. The van der Waals surface area contributed by atoms with E-state index in [0.29, 0.717) is 6.54 Å².